The first-order chi connectivity index (χ1) is 10.0. The maximum Gasteiger partial charge on any atom is 0.211 e. The molecule has 0 bridgehead atoms. The molecule has 1 saturated heterocycles. The number of rotatable bonds is 4. The third-order valence-electron chi connectivity index (χ3n) is 3.15. The monoisotopic (exact) mass is 329 g/mol. The quantitative estimate of drug-likeness (QED) is 0.788. The summed E-state index contributed by atoms with van der Waals surface area (Å²) in [5.74, 6) is 0. The number of aromatic nitrogens is 4. The molecular formula is C11H15N5O3S2. The maximum absolute atomic E-state index is 11.6. The zero-order valence-electron chi connectivity index (χ0n) is 11.4. The van der Waals surface area contributed by atoms with Gasteiger partial charge in [-0.05, 0) is 0 Å². The Balaban J connectivity index is 1.67. The van der Waals surface area contributed by atoms with Crippen LogP contribution in [0.15, 0.2) is 17.8 Å². The molecule has 0 aliphatic carbocycles. The van der Waals surface area contributed by atoms with E-state index >= 15 is 0 Å². The fourth-order valence-electron chi connectivity index (χ4n) is 2.15. The highest BCUT2D eigenvalue weighted by molar-refractivity contribution is 7.88. The Hall–Kier alpha value is -1.36. The Morgan fingerprint density at radius 3 is 3.10 bits per heavy atom. The summed E-state index contributed by atoms with van der Waals surface area (Å²) >= 11 is 1.49. The molecule has 1 aliphatic rings. The first-order valence-electron chi connectivity index (χ1n) is 6.39. The summed E-state index contributed by atoms with van der Waals surface area (Å²) in [7, 11) is -3.18. The number of morpholine rings is 1. The van der Waals surface area contributed by atoms with Crippen molar-refractivity contribution < 1.29 is 13.2 Å². The largest absolute Gasteiger partial charge is 0.374 e. The lowest BCUT2D eigenvalue weighted by Gasteiger charge is -2.30. The lowest BCUT2D eigenvalue weighted by molar-refractivity contribution is -0.0120. The van der Waals surface area contributed by atoms with E-state index in [1.54, 1.807) is 17.1 Å². The molecule has 0 spiro atoms. The van der Waals surface area contributed by atoms with E-state index in [9.17, 15) is 8.42 Å². The molecule has 2 aromatic heterocycles. The van der Waals surface area contributed by atoms with E-state index in [1.165, 1.54) is 21.9 Å². The second-order valence-corrected chi connectivity index (χ2v) is 7.65. The standard InChI is InChI=1S/C11H15N5O3S2/c1-21(17,18)16-3-4-19-9(7-16)6-15-8-10(13-14-15)11-12-2-5-20-11/h2,5,8-9H,3-4,6-7H2,1H3/t9-/m0/s1. The molecule has 10 heteroatoms. The molecule has 0 saturated carbocycles. The zero-order valence-corrected chi connectivity index (χ0v) is 13.0. The summed E-state index contributed by atoms with van der Waals surface area (Å²) in [6.07, 6.45) is 4.50. The van der Waals surface area contributed by atoms with E-state index in [4.69, 9.17) is 4.74 Å². The van der Waals surface area contributed by atoms with Crippen LogP contribution >= 0.6 is 11.3 Å². The second-order valence-electron chi connectivity index (χ2n) is 4.78. The van der Waals surface area contributed by atoms with E-state index < -0.39 is 10.0 Å². The van der Waals surface area contributed by atoms with Crippen LogP contribution in [-0.2, 0) is 21.3 Å². The molecule has 2 aromatic rings. The van der Waals surface area contributed by atoms with Crippen molar-refractivity contribution in [3.8, 4) is 10.7 Å². The molecule has 3 rings (SSSR count). The number of ether oxygens (including phenoxy) is 1. The Bertz CT molecular complexity index is 697. The maximum atomic E-state index is 11.6. The first kappa shape index (κ1) is 14.6. The minimum atomic E-state index is -3.18. The van der Waals surface area contributed by atoms with Crippen molar-refractivity contribution in [1.82, 2.24) is 24.3 Å². The molecule has 0 amide bonds. The number of thiazole rings is 1. The minimum Gasteiger partial charge on any atom is -0.374 e. The fourth-order valence-corrected chi connectivity index (χ4v) is 3.58. The Morgan fingerprint density at radius 2 is 2.38 bits per heavy atom. The van der Waals surface area contributed by atoms with Crippen LogP contribution < -0.4 is 0 Å². The number of sulfonamides is 1. The van der Waals surface area contributed by atoms with Gasteiger partial charge < -0.3 is 4.74 Å². The van der Waals surface area contributed by atoms with Crippen molar-refractivity contribution in [3.63, 3.8) is 0 Å². The minimum absolute atomic E-state index is 0.223. The molecule has 21 heavy (non-hydrogen) atoms. The highest BCUT2D eigenvalue weighted by Crippen LogP contribution is 2.18. The lowest BCUT2D eigenvalue weighted by atomic mass is 10.3. The fraction of sp³-hybridized carbons (Fsp3) is 0.545. The third-order valence-corrected chi connectivity index (χ3v) is 5.22. The van der Waals surface area contributed by atoms with Gasteiger partial charge in [-0.15, -0.1) is 16.4 Å². The molecule has 1 fully saturated rings. The van der Waals surface area contributed by atoms with Crippen LogP contribution in [0, 0.1) is 0 Å². The first-order valence-corrected chi connectivity index (χ1v) is 9.12. The topological polar surface area (TPSA) is 90.2 Å². The molecule has 0 unspecified atom stereocenters. The summed E-state index contributed by atoms with van der Waals surface area (Å²) in [6.45, 7) is 1.60. The van der Waals surface area contributed by atoms with Gasteiger partial charge >= 0.3 is 0 Å². The molecule has 8 nitrogen and oxygen atoms in total. The van der Waals surface area contributed by atoms with Crippen LogP contribution in [-0.4, -0.2) is 64.8 Å². The van der Waals surface area contributed by atoms with Gasteiger partial charge in [0.1, 0.15) is 10.7 Å². The van der Waals surface area contributed by atoms with E-state index in [1.807, 2.05) is 5.38 Å². The Labute approximate surface area is 126 Å². The molecule has 0 N–H and O–H groups in total. The van der Waals surface area contributed by atoms with E-state index in [0.717, 1.165) is 5.01 Å². The van der Waals surface area contributed by atoms with Crippen molar-refractivity contribution in [2.75, 3.05) is 26.0 Å². The number of hydrogen-bond donors (Lipinski definition) is 0. The van der Waals surface area contributed by atoms with E-state index in [0.29, 0.717) is 31.9 Å². The van der Waals surface area contributed by atoms with Crippen molar-refractivity contribution in [3.05, 3.63) is 17.8 Å². The SMILES string of the molecule is CS(=O)(=O)N1CCO[C@@H](Cn2cc(-c3nccs3)nn2)C1. The molecule has 114 valence electrons. The smallest absolute Gasteiger partial charge is 0.211 e. The third kappa shape index (κ3) is 3.46. The van der Waals surface area contributed by atoms with Crippen LogP contribution in [0.4, 0.5) is 0 Å². The van der Waals surface area contributed by atoms with Crippen LogP contribution in [0.5, 0.6) is 0 Å². The zero-order chi connectivity index (χ0) is 14.9. The molecule has 1 atom stereocenters. The summed E-state index contributed by atoms with van der Waals surface area (Å²) in [4.78, 5) is 4.17. The van der Waals surface area contributed by atoms with Gasteiger partial charge in [0.2, 0.25) is 10.0 Å². The summed E-state index contributed by atoms with van der Waals surface area (Å²) in [6, 6.07) is 0. The predicted octanol–water partition coefficient (Wildman–Crippen LogP) is 0.0620. The highest BCUT2D eigenvalue weighted by Gasteiger charge is 2.27. The van der Waals surface area contributed by atoms with Crippen LogP contribution in [0.2, 0.25) is 0 Å². The Kier molecular flexibility index (Phi) is 4.02. The summed E-state index contributed by atoms with van der Waals surface area (Å²) < 4.78 is 31.8. The Morgan fingerprint density at radius 1 is 1.52 bits per heavy atom. The second kappa shape index (κ2) is 5.79. The number of nitrogens with zero attached hydrogens (tertiary/aromatic N) is 5. The van der Waals surface area contributed by atoms with Gasteiger partial charge in [0.25, 0.3) is 0 Å². The van der Waals surface area contributed by atoms with Gasteiger partial charge in [0, 0.05) is 24.7 Å². The van der Waals surface area contributed by atoms with E-state index in [2.05, 4.69) is 15.3 Å². The van der Waals surface area contributed by atoms with Crippen molar-refractivity contribution >= 4 is 21.4 Å². The predicted molar refractivity (Wildman–Crippen MR) is 77.3 cm³/mol. The summed E-state index contributed by atoms with van der Waals surface area (Å²) in [5, 5.41) is 10.8. The van der Waals surface area contributed by atoms with Gasteiger partial charge in [-0.1, -0.05) is 5.21 Å². The van der Waals surface area contributed by atoms with Crippen LogP contribution in [0.1, 0.15) is 0 Å². The van der Waals surface area contributed by atoms with Crippen molar-refractivity contribution in [2.24, 2.45) is 0 Å². The van der Waals surface area contributed by atoms with Crippen LogP contribution in [0.3, 0.4) is 0 Å². The summed E-state index contributed by atoms with van der Waals surface area (Å²) in [5.41, 5.74) is 0.709. The van der Waals surface area contributed by atoms with Gasteiger partial charge in [0.05, 0.1) is 31.7 Å². The van der Waals surface area contributed by atoms with E-state index in [-0.39, 0.29) is 6.10 Å². The normalized spacial score (nSPS) is 20.7. The average molecular weight is 329 g/mol. The number of hydrogen-bond acceptors (Lipinski definition) is 7. The molecule has 0 aromatic carbocycles. The van der Waals surface area contributed by atoms with Gasteiger partial charge in [0.15, 0.2) is 0 Å². The van der Waals surface area contributed by atoms with Gasteiger partial charge in [-0.3, -0.25) is 0 Å². The molecule has 1 aliphatic heterocycles. The lowest BCUT2D eigenvalue weighted by Crippen LogP contribution is -2.46. The molecule has 3 heterocycles. The molecular weight excluding hydrogens is 314 g/mol. The van der Waals surface area contributed by atoms with Crippen LogP contribution in [0.25, 0.3) is 10.7 Å². The van der Waals surface area contributed by atoms with Gasteiger partial charge in [-0.2, -0.15) is 4.31 Å². The molecule has 0 radical (unpaired) electrons. The van der Waals surface area contributed by atoms with Crippen molar-refractivity contribution in [1.29, 1.82) is 0 Å². The van der Waals surface area contributed by atoms with Gasteiger partial charge in [-0.25, -0.2) is 18.1 Å². The average Bonchev–Trinajstić information content (AvgIpc) is 3.08. The highest BCUT2D eigenvalue weighted by atomic mass is 32.2. The van der Waals surface area contributed by atoms with Crippen molar-refractivity contribution in [2.45, 2.75) is 12.6 Å².